The molecule has 0 saturated carbocycles. The highest BCUT2D eigenvalue weighted by Crippen LogP contribution is 2.03. The molecule has 0 fully saturated rings. The Balaban J connectivity index is 3.34. The molecule has 0 aliphatic heterocycles. The zero-order valence-corrected chi connectivity index (χ0v) is 8.93. The molecular weight excluding hydrogens is 192 g/mol. The number of rotatable bonds is 2. The van der Waals surface area contributed by atoms with Gasteiger partial charge in [0.1, 0.15) is 11.6 Å². The fraction of sp³-hybridized carbons (Fsp3) is 0.300. The molecule has 5 heteroatoms. The van der Waals surface area contributed by atoms with Gasteiger partial charge in [-0.2, -0.15) is 10.2 Å². The molecule has 0 spiro atoms. The average molecular weight is 204 g/mol. The first-order valence-corrected chi connectivity index (χ1v) is 4.36. The summed E-state index contributed by atoms with van der Waals surface area (Å²) >= 11 is 0. The minimum Gasteiger partial charge on any atom is -0.383 e. The van der Waals surface area contributed by atoms with Gasteiger partial charge in [-0.05, 0) is 6.08 Å². The number of nitriles is 1. The molecule has 0 amide bonds. The highest BCUT2D eigenvalue weighted by Gasteiger charge is 2.06. The Morgan fingerprint density at radius 2 is 2.27 bits per heavy atom. The molecule has 78 valence electrons. The lowest BCUT2D eigenvalue weighted by Crippen LogP contribution is -2.17. The summed E-state index contributed by atoms with van der Waals surface area (Å²) in [6.45, 7) is 0. The zero-order chi connectivity index (χ0) is 11.4. The minimum absolute atomic E-state index is 0.0677. The molecule has 1 aromatic rings. The Hall–Kier alpha value is -2.09. The van der Waals surface area contributed by atoms with E-state index in [2.05, 4.69) is 4.98 Å². The summed E-state index contributed by atoms with van der Waals surface area (Å²) in [5.74, 6) is 0. The summed E-state index contributed by atoms with van der Waals surface area (Å²) in [4.78, 5) is 16.7. The molecule has 0 atom stereocenters. The zero-order valence-electron chi connectivity index (χ0n) is 8.93. The van der Waals surface area contributed by atoms with Crippen molar-refractivity contribution in [1.29, 1.82) is 5.26 Å². The van der Waals surface area contributed by atoms with E-state index < -0.39 is 5.56 Å². The summed E-state index contributed by atoms with van der Waals surface area (Å²) in [7, 11) is 5.46. The van der Waals surface area contributed by atoms with Crippen molar-refractivity contribution in [3.8, 4) is 6.07 Å². The van der Waals surface area contributed by atoms with Gasteiger partial charge in [-0.15, -0.1) is 0 Å². The van der Waals surface area contributed by atoms with E-state index in [0.717, 1.165) is 0 Å². The molecule has 1 aromatic heterocycles. The van der Waals surface area contributed by atoms with Crippen LogP contribution in [0.1, 0.15) is 11.3 Å². The Bertz CT molecular complexity index is 479. The van der Waals surface area contributed by atoms with Crippen molar-refractivity contribution in [2.45, 2.75) is 0 Å². The first-order valence-electron chi connectivity index (χ1n) is 4.36. The second-order valence-corrected chi connectivity index (χ2v) is 3.31. The van der Waals surface area contributed by atoms with E-state index in [4.69, 9.17) is 5.26 Å². The van der Waals surface area contributed by atoms with E-state index in [1.54, 1.807) is 23.9 Å². The third kappa shape index (κ3) is 2.44. The van der Waals surface area contributed by atoms with Crippen LogP contribution in [0.25, 0.3) is 6.08 Å². The van der Waals surface area contributed by atoms with Crippen LogP contribution in [-0.4, -0.2) is 28.5 Å². The Morgan fingerprint density at radius 3 is 2.80 bits per heavy atom. The van der Waals surface area contributed by atoms with Gasteiger partial charge in [-0.25, -0.2) is 0 Å². The molecule has 0 bridgehead atoms. The van der Waals surface area contributed by atoms with E-state index in [9.17, 15) is 4.79 Å². The monoisotopic (exact) mass is 204 g/mol. The lowest BCUT2D eigenvalue weighted by molar-refractivity contribution is 0.567. The first-order chi connectivity index (χ1) is 7.06. The Labute approximate surface area is 87.9 Å². The predicted octanol–water partition coefficient (Wildman–Crippen LogP) is 0.184. The second kappa shape index (κ2) is 4.42. The minimum atomic E-state index is -0.492. The van der Waals surface area contributed by atoms with Gasteiger partial charge in [-0.1, -0.05) is 0 Å². The van der Waals surface area contributed by atoms with Crippen LogP contribution in [0.3, 0.4) is 0 Å². The lowest BCUT2D eigenvalue weighted by Gasteiger charge is -2.07. The Morgan fingerprint density at radius 1 is 1.60 bits per heavy atom. The van der Waals surface area contributed by atoms with Gasteiger partial charge in [0.2, 0.25) is 0 Å². The molecule has 5 nitrogen and oxygen atoms in total. The summed E-state index contributed by atoms with van der Waals surface area (Å²) in [6.07, 6.45) is 4.88. The van der Waals surface area contributed by atoms with Crippen molar-refractivity contribution in [3.63, 3.8) is 0 Å². The largest absolute Gasteiger partial charge is 0.383 e. The maximum Gasteiger partial charge on any atom is 0.291 e. The maximum atomic E-state index is 11.3. The van der Waals surface area contributed by atoms with Crippen LogP contribution < -0.4 is 5.56 Å². The first kappa shape index (κ1) is 11.0. The van der Waals surface area contributed by atoms with Crippen molar-refractivity contribution >= 4 is 6.08 Å². The quantitative estimate of drug-likeness (QED) is 0.689. The van der Waals surface area contributed by atoms with Gasteiger partial charge in [0.05, 0.1) is 12.0 Å². The molecule has 0 N–H and O–H groups in total. The van der Waals surface area contributed by atoms with Crippen molar-refractivity contribution in [3.05, 3.63) is 34.1 Å². The smallest absolute Gasteiger partial charge is 0.291 e. The predicted molar refractivity (Wildman–Crippen MR) is 56.9 cm³/mol. The van der Waals surface area contributed by atoms with Crippen LogP contribution in [0, 0.1) is 11.3 Å². The fourth-order valence-corrected chi connectivity index (χ4v) is 1.08. The van der Waals surface area contributed by atoms with E-state index in [1.807, 2.05) is 25.1 Å². The Kier molecular flexibility index (Phi) is 3.24. The van der Waals surface area contributed by atoms with E-state index in [-0.39, 0.29) is 5.56 Å². The topological polar surface area (TPSA) is 61.9 Å². The number of hydrogen-bond acceptors (Lipinski definition) is 4. The van der Waals surface area contributed by atoms with E-state index in [1.165, 1.54) is 6.33 Å². The molecule has 0 radical (unpaired) electrons. The standard InChI is InChI=1S/C10H12N4O/c1-13(2)5-4-9-8(6-11)10(15)12-7-14(9)3/h4-5,7H,1-3H3/b5-4-. The third-order valence-electron chi connectivity index (χ3n) is 1.84. The van der Waals surface area contributed by atoms with Crippen LogP contribution >= 0.6 is 0 Å². The number of aromatic nitrogens is 2. The average Bonchev–Trinajstić information content (AvgIpc) is 2.19. The molecule has 15 heavy (non-hydrogen) atoms. The molecule has 0 unspecified atom stereocenters. The lowest BCUT2D eigenvalue weighted by atomic mass is 10.2. The molecule has 0 aliphatic carbocycles. The number of nitrogens with zero attached hydrogens (tertiary/aromatic N) is 4. The fourth-order valence-electron chi connectivity index (χ4n) is 1.08. The van der Waals surface area contributed by atoms with Gasteiger partial charge in [0.15, 0.2) is 0 Å². The van der Waals surface area contributed by atoms with Crippen LogP contribution in [0.2, 0.25) is 0 Å². The number of hydrogen-bond donors (Lipinski definition) is 0. The summed E-state index contributed by atoms with van der Waals surface area (Å²) < 4.78 is 1.64. The van der Waals surface area contributed by atoms with Crippen LogP contribution in [0.4, 0.5) is 0 Å². The van der Waals surface area contributed by atoms with Crippen molar-refractivity contribution in [2.75, 3.05) is 14.1 Å². The molecule has 0 aromatic carbocycles. The molecule has 0 saturated heterocycles. The molecule has 1 rings (SSSR count). The SMILES string of the molecule is CN(C)/C=C\c1c(C#N)c(=O)ncn1C. The van der Waals surface area contributed by atoms with Crippen LogP contribution in [0.15, 0.2) is 17.3 Å². The second-order valence-electron chi connectivity index (χ2n) is 3.31. The van der Waals surface area contributed by atoms with Gasteiger partial charge in [0.25, 0.3) is 5.56 Å². The number of aryl methyl sites for hydroxylation is 1. The van der Waals surface area contributed by atoms with Crippen molar-refractivity contribution in [1.82, 2.24) is 14.5 Å². The third-order valence-corrected chi connectivity index (χ3v) is 1.84. The van der Waals surface area contributed by atoms with E-state index >= 15 is 0 Å². The van der Waals surface area contributed by atoms with Crippen LogP contribution in [0.5, 0.6) is 0 Å². The van der Waals surface area contributed by atoms with Gasteiger partial charge < -0.3 is 9.47 Å². The normalized spacial score (nSPS) is 10.3. The van der Waals surface area contributed by atoms with Gasteiger partial charge in [0, 0.05) is 27.3 Å². The van der Waals surface area contributed by atoms with Crippen molar-refractivity contribution in [2.24, 2.45) is 7.05 Å². The van der Waals surface area contributed by atoms with Crippen LogP contribution in [-0.2, 0) is 7.05 Å². The highest BCUT2D eigenvalue weighted by atomic mass is 16.1. The highest BCUT2D eigenvalue weighted by molar-refractivity contribution is 5.53. The molecule has 1 heterocycles. The van der Waals surface area contributed by atoms with Crippen molar-refractivity contribution < 1.29 is 0 Å². The summed E-state index contributed by atoms with van der Waals surface area (Å²) in [5.41, 5.74) is 0.137. The molecular formula is C10H12N4O. The van der Waals surface area contributed by atoms with E-state index in [0.29, 0.717) is 5.69 Å². The van der Waals surface area contributed by atoms with Gasteiger partial charge in [-0.3, -0.25) is 4.79 Å². The summed E-state index contributed by atoms with van der Waals surface area (Å²) in [5, 5.41) is 8.84. The summed E-state index contributed by atoms with van der Waals surface area (Å²) in [6, 6.07) is 1.86. The molecule has 0 aliphatic rings. The maximum absolute atomic E-state index is 11.3. The van der Waals surface area contributed by atoms with Gasteiger partial charge >= 0.3 is 0 Å².